The molecule has 0 fully saturated rings. The predicted octanol–water partition coefficient (Wildman–Crippen LogP) is 0.970. The molecule has 0 saturated carbocycles. The lowest BCUT2D eigenvalue weighted by atomic mass is 10.1. The Hall–Kier alpha value is -2.21. The van der Waals surface area contributed by atoms with Crippen LogP contribution in [-0.4, -0.2) is 25.8 Å². The van der Waals surface area contributed by atoms with E-state index in [1.54, 1.807) is 25.1 Å². The van der Waals surface area contributed by atoms with Gasteiger partial charge in [-0.3, -0.25) is 4.79 Å². The lowest BCUT2D eigenvalue weighted by Crippen LogP contribution is -2.20. The summed E-state index contributed by atoms with van der Waals surface area (Å²) in [6.07, 6.45) is 2.21. The number of carbonyl (C=O) groups is 1. The number of rotatable bonds is 4. The molecule has 1 amide bonds. The Labute approximate surface area is 104 Å². The van der Waals surface area contributed by atoms with E-state index in [1.807, 2.05) is 6.07 Å². The molecule has 0 spiro atoms. The van der Waals surface area contributed by atoms with Crippen molar-refractivity contribution in [2.24, 2.45) is 0 Å². The molecule has 2 N–H and O–H groups in total. The van der Waals surface area contributed by atoms with Crippen LogP contribution in [0.2, 0.25) is 0 Å². The van der Waals surface area contributed by atoms with Crippen LogP contribution in [0.4, 0.5) is 5.69 Å². The molecule has 2 aromatic rings. The zero-order valence-electron chi connectivity index (χ0n) is 9.95. The number of aliphatic hydroxyl groups excluding tert-OH is 1. The highest BCUT2D eigenvalue weighted by Gasteiger charge is 2.10. The molecule has 2 rings (SSSR count). The molecule has 1 aromatic heterocycles. The van der Waals surface area contributed by atoms with Gasteiger partial charge in [0.15, 0.2) is 0 Å². The van der Waals surface area contributed by atoms with Crippen LogP contribution in [0, 0.1) is 0 Å². The molecule has 94 valence electrons. The number of benzene rings is 1. The fourth-order valence-electron chi connectivity index (χ4n) is 1.63. The van der Waals surface area contributed by atoms with Gasteiger partial charge < -0.3 is 10.4 Å². The van der Waals surface area contributed by atoms with Crippen molar-refractivity contribution in [3.8, 4) is 0 Å². The van der Waals surface area contributed by atoms with Gasteiger partial charge in [-0.05, 0) is 13.0 Å². The molecule has 0 bridgehead atoms. The molecule has 6 heteroatoms. The second-order valence-electron chi connectivity index (χ2n) is 3.90. The molecule has 0 aliphatic carbocycles. The SMILES string of the molecule is CC(O)c1ccccc1NC(=O)Cn1cncn1. The molecule has 0 saturated heterocycles. The van der Waals surface area contributed by atoms with Crippen molar-refractivity contribution < 1.29 is 9.90 Å². The summed E-state index contributed by atoms with van der Waals surface area (Å²) in [5, 5.41) is 16.2. The van der Waals surface area contributed by atoms with E-state index in [9.17, 15) is 9.90 Å². The largest absolute Gasteiger partial charge is 0.389 e. The van der Waals surface area contributed by atoms with Crippen molar-refractivity contribution >= 4 is 11.6 Å². The van der Waals surface area contributed by atoms with Crippen LogP contribution in [0.15, 0.2) is 36.9 Å². The van der Waals surface area contributed by atoms with Gasteiger partial charge in [-0.25, -0.2) is 9.67 Å². The number of amides is 1. The summed E-state index contributed by atoms with van der Waals surface area (Å²) < 4.78 is 1.43. The molecular formula is C12H14N4O2. The minimum Gasteiger partial charge on any atom is -0.389 e. The van der Waals surface area contributed by atoms with Gasteiger partial charge in [0.05, 0.1) is 6.10 Å². The third-order valence-corrected chi connectivity index (χ3v) is 2.46. The molecule has 0 aliphatic rings. The summed E-state index contributed by atoms with van der Waals surface area (Å²) >= 11 is 0. The van der Waals surface area contributed by atoms with E-state index in [2.05, 4.69) is 15.4 Å². The average Bonchev–Trinajstić information content (AvgIpc) is 2.82. The number of hydrogen-bond acceptors (Lipinski definition) is 4. The molecule has 0 radical (unpaired) electrons. The quantitative estimate of drug-likeness (QED) is 0.842. The smallest absolute Gasteiger partial charge is 0.246 e. The number of hydrogen-bond donors (Lipinski definition) is 2. The first kappa shape index (κ1) is 12.3. The first-order chi connectivity index (χ1) is 8.66. The minimum atomic E-state index is -0.632. The van der Waals surface area contributed by atoms with Crippen molar-refractivity contribution in [2.75, 3.05) is 5.32 Å². The Bertz CT molecular complexity index is 523. The Morgan fingerprint density at radius 1 is 1.50 bits per heavy atom. The summed E-state index contributed by atoms with van der Waals surface area (Å²) in [4.78, 5) is 15.5. The summed E-state index contributed by atoms with van der Waals surface area (Å²) in [6, 6.07) is 7.14. The number of anilines is 1. The fourth-order valence-corrected chi connectivity index (χ4v) is 1.63. The van der Waals surface area contributed by atoms with Crippen LogP contribution in [0.5, 0.6) is 0 Å². The summed E-state index contributed by atoms with van der Waals surface area (Å²) in [5.74, 6) is -0.214. The molecule has 0 aliphatic heterocycles. The van der Waals surface area contributed by atoms with E-state index in [0.29, 0.717) is 11.3 Å². The molecule has 1 heterocycles. The number of carbonyl (C=O) groups excluding carboxylic acids is 1. The Morgan fingerprint density at radius 3 is 2.94 bits per heavy atom. The summed E-state index contributed by atoms with van der Waals surface area (Å²) in [7, 11) is 0. The number of nitrogens with zero attached hydrogens (tertiary/aromatic N) is 3. The van der Waals surface area contributed by atoms with Gasteiger partial charge in [0, 0.05) is 11.3 Å². The van der Waals surface area contributed by atoms with Crippen LogP contribution in [-0.2, 0) is 11.3 Å². The van der Waals surface area contributed by atoms with E-state index >= 15 is 0 Å². The molecule has 6 nitrogen and oxygen atoms in total. The van der Waals surface area contributed by atoms with Crippen LogP contribution in [0.25, 0.3) is 0 Å². The maximum atomic E-state index is 11.8. The zero-order valence-corrected chi connectivity index (χ0v) is 9.95. The first-order valence-electron chi connectivity index (χ1n) is 5.56. The predicted molar refractivity (Wildman–Crippen MR) is 65.7 cm³/mol. The van der Waals surface area contributed by atoms with Crippen molar-refractivity contribution in [3.63, 3.8) is 0 Å². The van der Waals surface area contributed by atoms with Crippen molar-refractivity contribution in [1.82, 2.24) is 14.8 Å². The molecular weight excluding hydrogens is 232 g/mol. The lowest BCUT2D eigenvalue weighted by molar-refractivity contribution is -0.116. The maximum Gasteiger partial charge on any atom is 0.246 e. The Balaban J connectivity index is 2.07. The number of aliphatic hydroxyl groups is 1. The van der Waals surface area contributed by atoms with Crippen molar-refractivity contribution in [3.05, 3.63) is 42.5 Å². The summed E-state index contributed by atoms with van der Waals surface area (Å²) in [5.41, 5.74) is 1.29. The van der Waals surface area contributed by atoms with Gasteiger partial charge in [-0.1, -0.05) is 18.2 Å². The standard InChI is InChI=1S/C12H14N4O2/c1-9(17)10-4-2-3-5-11(10)15-12(18)6-16-8-13-7-14-16/h2-5,7-9,17H,6H2,1H3,(H,15,18). The molecule has 1 aromatic carbocycles. The highest BCUT2D eigenvalue weighted by atomic mass is 16.3. The molecule has 1 atom stereocenters. The Morgan fingerprint density at radius 2 is 2.28 bits per heavy atom. The normalized spacial score (nSPS) is 12.1. The second-order valence-corrected chi connectivity index (χ2v) is 3.90. The van der Waals surface area contributed by atoms with Crippen molar-refractivity contribution in [2.45, 2.75) is 19.6 Å². The van der Waals surface area contributed by atoms with Gasteiger partial charge >= 0.3 is 0 Å². The number of nitrogens with one attached hydrogen (secondary N) is 1. The topological polar surface area (TPSA) is 80.0 Å². The number of para-hydroxylation sites is 1. The zero-order chi connectivity index (χ0) is 13.0. The molecule has 1 unspecified atom stereocenters. The Kier molecular flexibility index (Phi) is 3.69. The van der Waals surface area contributed by atoms with Crippen LogP contribution >= 0.6 is 0 Å². The van der Waals surface area contributed by atoms with Gasteiger partial charge in [0.2, 0.25) is 5.91 Å². The fraction of sp³-hybridized carbons (Fsp3) is 0.250. The third-order valence-electron chi connectivity index (χ3n) is 2.46. The third kappa shape index (κ3) is 2.92. The van der Waals surface area contributed by atoms with Crippen LogP contribution in [0.3, 0.4) is 0 Å². The van der Waals surface area contributed by atoms with Crippen LogP contribution < -0.4 is 5.32 Å². The highest BCUT2D eigenvalue weighted by Crippen LogP contribution is 2.21. The van der Waals surface area contributed by atoms with Gasteiger partial charge in [0.25, 0.3) is 0 Å². The van der Waals surface area contributed by atoms with Gasteiger partial charge in [-0.15, -0.1) is 0 Å². The van der Waals surface area contributed by atoms with E-state index in [1.165, 1.54) is 17.3 Å². The van der Waals surface area contributed by atoms with Crippen LogP contribution in [0.1, 0.15) is 18.6 Å². The lowest BCUT2D eigenvalue weighted by Gasteiger charge is -2.12. The molecule has 18 heavy (non-hydrogen) atoms. The van der Waals surface area contributed by atoms with E-state index in [4.69, 9.17) is 0 Å². The van der Waals surface area contributed by atoms with Crippen molar-refractivity contribution in [1.29, 1.82) is 0 Å². The van der Waals surface area contributed by atoms with E-state index < -0.39 is 6.10 Å². The maximum absolute atomic E-state index is 11.8. The first-order valence-corrected chi connectivity index (χ1v) is 5.56. The van der Waals surface area contributed by atoms with Gasteiger partial charge in [0.1, 0.15) is 19.2 Å². The van der Waals surface area contributed by atoms with E-state index in [0.717, 1.165) is 0 Å². The van der Waals surface area contributed by atoms with Gasteiger partial charge in [-0.2, -0.15) is 5.10 Å². The van der Waals surface area contributed by atoms with E-state index in [-0.39, 0.29) is 12.5 Å². The highest BCUT2D eigenvalue weighted by molar-refractivity contribution is 5.91. The monoisotopic (exact) mass is 246 g/mol. The number of aromatic nitrogens is 3. The minimum absolute atomic E-state index is 0.0914. The average molecular weight is 246 g/mol. The second kappa shape index (κ2) is 5.42. The summed E-state index contributed by atoms with van der Waals surface area (Å²) in [6.45, 7) is 1.75.